The van der Waals surface area contributed by atoms with Crippen molar-refractivity contribution in [3.8, 4) is 22.3 Å². The zero-order valence-corrected chi connectivity index (χ0v) is 17.4. The van der Waals surface area contributed by atoms with Crippen LogP contribution >= 0.6 is 0 Å². The van der Waals surface area contributed by atoms with Crippen LogP contribution in [0.4, 0.5) is 0 Å². The van der Waals surface area contributed by atoms with Crippen LogP contribution in [0.1, 0.15) is 50.7 Å². The van der Waals surface area contributed by atoms with Crippen LogP contribution in [0.25, 0.3) is 33.3 Å². The SMILES string of the molecule is CCCCc1ccc(-c2ccc3n[nH]nc3c2-c2ccc(CCCC)cc2)cc1. The summed E-state index contributed by atoms with van der Waals surface area (Å²) in [4.78, 5) is 0. The Hall–Kier alpha value is -2.94. The molecule has 0 aliphatic heterocycles. The number of hydrogen-bond donors (Lipinski definition) is 1. The van der Waals surface area contributed by atoms with Gasteiger partial charge in [0.2, 0.25) is 0 Å². The van der Waals surface area contributed by atoms with Crippen molar-refractivity contribution >= 4 is 11.0 Å². The fourth-order valence-corrected chi connectivity index (χ4v) is 3.90. The standard InChI is InChI=1S/C26H29N3/c1-3-5-7-19-9-13-21(14-10-19)23-17-18-24-26(28-29-27-24)25(23)22-15-11-20(12-16-22)8-6-4-2/h9-18H,3-8H2,1-2H3,(H,27,28,29). The third kappa shape index (κ3) is 4.24. The maximum atomic E-state index is 4.48. The van der Waals surface area contributed by atoms with Crippen LogP contribution in [-0.2, 0) is 12.8 Å². The molecule has 0 aliphatic carbocycles. The van der Waals surface area contributed by atoms with Crippen LogP contribution in [0.2, 0.25) is 0 Å². The van der Waals surface area contributed by atoms with E-state index in [9.17, 15) is 0 Å². The smallest absolute Gasteiger partial charge is 0.121 e. The van der Waals surface area contributed by atoms with E-state index < -0.39 is 0 Å². The first-order chi connectivity index (χ1) is 14.3. The molecule has 0 radical (unpaired) electrons. The molecule has 0 aliphatic rings. The van der Waals surface area contributed by atoms with Gasteiger partial charge in [0.05, 0.1) is 0 Å². The van der Waals surface area contributed by atoms with E-state index in [0.717, 1.165) is 29.4 Å². The quantitative estimate of drug-likeness (QED) is 0.357. The maximum Gasteiger partial charge on any atom is 0.121 e. The molecule has 3 aromatic carbocycles. The van der Waals surface area contributed by atoms with E-state index in [1.165, 1.54) is 53.5 Å². The predicted molar refractivity (Wildman–Crippen MR) is 122 cm³/mol. The van der Waals surface area contributed by atoms with Gasteiger partial charge >= 0.3 is 0 Å². The summed E-state index contributed by atoms with van der Waals surface area (Å²) < 4.78 is 0. The van der Waals surface area contributed by atoms with E-state index in [0.29, 0.717) is 0 Å². The second-order valence-corrected chi connectivity index (χ2v) is 7.78. The number of unbranched alkanes of at least 4 members (excludes halogenated alkanes) is 2. The Bertz CT molecular complexity index is 1060. The molecule has 1 N–H and O–H groups in total. The van der Waals surface area contributed by atoms with E-state index in [1.807, 2.05) is 0 Å². The number of aromatic nitrogens is 3. The van der Waals surface area contributed by atoms with Crippen molar-refractivity contribution in [1.82, 2.24) is 15.4 Å². The Morgan fingerprint density at radius 3 is 1.83 bits per heavy atom. The zero-order chi connectivity index (χ0) is 20.1. The van der Waals surface area contributed by atoms with Gasteiger partial charge in [-0.2, -0.15) is 15.4 Å². The molecule has 3 nitrogen and oxygen atoms in total. The molecule has 4 rings (SSSR count). The molecular weight excluding hydrogens is 354 g/mol. The molecule has 0 amide bonds. The molecule has 1 heterocycles. The third-order valence-corrected chi connectivity index (χ3v) is 5.63. The molecule has 0 unspecified atom stereocenters. The molecule has 3 heteroatoms. The average Bonchev–Trinajstić information content (AvgIpc) is 3.25. The second kappa shape index (κ2) is 9.04. The minimum atomic E-state index is 0.901. The Morgan fingerprint density at radius 1 is 0.655 bits per heavy atom. The lowest BCUT2D eigenvalue weighted by atomic mass is 9.91. The normalized spacial score (nSPS) is 11.2. The number of H-pyrrole nitrogens is 1. The highest BCUT2D eigenvalue weighted by Crippen LogP contribution is 2.37. The van der Waals surface area contributed by atoms with E-state index in [2.05, 4.69) is 89.9 Å². The van der Waals surface area contributed by atoms with Gasteiger partial charge in [-0.3, -0.25) is 0 Å². The number of aromatic amines is 1. The number of benzene rings is 3. The summed E-state index contributed by atoms with van der Waals surface area (Å²) in [5.41, 5.74) is 9.39. The summed E-state index contributed by atoms with van der Waals surface area (Å²) in [6, 6.07) is 22.2. The molecule has 4 aromatic rings. The number of hydrogen-bond acceptors (Lipinski definition) is 2. The number of rotatable bonds is 8. The summed E-state index contributed by atoms with van der Waals surface area (Å²) in [6.45, 7) is 4.47. The molecule has 1 aromatic heterocycles. The first kappa shape index (κ1) is 19.4. The van der Waals surface area contributed by atoms with Crippen molar-refractivity contribution in [2.24, 2.45) is 0 Å². The van der Waals surface area contributed by atoms with Gasteiger partial charge in [0.15, 0.2) is 0 Å². The molecule has 0 atom stereocenters. The molecule has 0 fully saturated rings. The number of nitrogens with zero attached hydrogens (tertiary/aromatic N) is 2. The minimum Gasteiger partial charge on any atom is -0.197 e. The highest BCUT2D eigenvalue weighted by molar-refractivity contribution is 6.00. The topological polar surface area (TPSA) is 41.6 Å². The lowest BCUT2D eigenvalue weighted by molar-refractivity contribution is 0.795. The second-order valence-electron chi connectivity index (χ2n) is 7.78. The lowest BCUT2D eigenvalue weighted by Gasteiger charge is -2.12. The predicted octanol–water partition coefficient (Wildman–Crippen LogP) is 6.98. The van der Waals surface area contributed by atoms with E-state index in [4.69, 9.17) is 0 Å². The van der Waals surface area contributed by atoms with E-state index in [-0.39, 0.29) is 0 Å². The van der Waals surface area contributed by atoms with Crippen LogP contribution in [0.15, 0.2) is 60.7 Å². The molecule has 0 saturated heterocycles. The Labute approximate surface area is 173 Å². The molecular formula is C26H29N3. The van der Waals surface area contributed by atoms with E-state index in [1.54, 1.807) is 0 Å². The summed E-state index contributed by atoms with van der Waals surface area (Å²) in [5, 5.41) is 11.6. The van der Waals surface area contributed by atoms with Crippen molar-refractivity contribution in [1.29, 1.82) is 0 Å². The lowest BCUT2D eigenvalue weighted by Crippen LogP contribution is -1.91. The Morgan fingerprint density at radius 2 is 1.24 bits per heavy atom. The van der Waals surface area contributed by atoms with Gasteiger partial charge in [-0.15, -0.1) is 0 Å². The van der Waals surface area contributed by atoms with Gasteiger partial charge in [-0.25, -0.2) is 0 Å². The van der Waals surface area contributed by atoms with Gasteiger partial charge in [-0.05, 0) is 59.6 Å². The largest absolute Gasteiger partial charge is 0.197 e. The summed E-state index contributed by atoms with van der Waals surface area (Å²) >= 11 is 0. The number of fused-ring (bicyclic) bond motifs is 1. The van der Waals surface area contributed by atoms with Crippen LogP contribution in [0, 0.1) is 0 Å². The Kier molecular flexibility index (Phi) is 6.04. The van der Waals surface area contributed by atoms with Gasteiger partial charge < -0.3 is 0 Å². The van der Waals surface area contributed by atoms with Crippen molar-refractivity contribution < 1.29 is 0 Å². The van der Waals surface area contributed by atoms with E-state index >= 15 is 0 Å². The average molecular weight is 384 g/mol. The highest BCUT2D eigenvalue weighted by Gasteiger charge is 2.14. The van der Waals surface area contributed by atoms with Crippen LogP contribution in [0.3, 0.4) is 0 Å². The summed E-state index contributed by atoms with van der Waals surface area (Å²) in [6.07, 6.45) is 7.19. The van der Waals surface area contributed by atoms with Gasteiger partial charge in [0.25, 0.3) is 0 Å². The van der Waals surface area contributed by atoms with Crippen molar-refractivity contribution in [2.75, 3.05) is 0 Å². The van der Waals surface area contributed by atoms with Crippen molar-refractivity contribution in [2.45, 2.75) is 52.4 Å². The summed E-state index contributed by atoms with van der Waals surface area (Å²) in [7, 11) is 0. The molecule has 0 bridgehead atoms. The van der Waals surface area contributed by atoms with Gasteiger partial charge in [-0.1, -0.05) is 81.3 Å². The molecule has 148 valence electrons. The summed E-state index contributed by atoms with van der Waals surface area (Å²) in [5.74, 6) is 0. The highest BCUT2D eigenvalue weighted by atomic mass is 15.3. The molecule has 0 saturated carbocycles. The maximum absolute atomic E-state index is 4.48. The van der Waals surface area contributed by atoms with Crippen molar-refractivity contribution in [3.05, 3.63) is 71.8 Å². The van der Waals surface area contributed by atoms with Crippen LogP contribution in [0.5, 0.6) is 0 Å². The number of nitrogens with one attached hydrogen (secondary N) is 1. The fourth-order valence-electron chi connectivity index (χ4n) is 3.90. The first-order valence-electron chi connectivity index (χ1n) is 10.8. The number of aryl methyl sites for hydroxylation is 2. The Balaban J connectivity index is 1.75. The van der Waals surface area contributed by atoms with Gasteiger partial charge in [0, 0.05) is 5.56 Å². The fraction of sp³-hybridized carbons (Fsp3) is 0.308. The van der Waals surface area contributed by atoms with Crippen LogP contribution < -0.4 is 0 Å². The zero-order valence-electron chi connectivity index (χ0n) is 17.4. The van der Waals surface area contributed by atoms with Crippen LogP contribution in [-0.4, -0.2) is 15.4 Å². The first-order valence-corrected chi connectivity index (χ1v) is 10.8. The third-order valence-electron chi connectivity index (χ3n) is 5.63. The van der Waals surface area contributed by atoms with Gasteiger partial charge in [0.1, 0.15) is 11.0 Å². The minimum absolute atomic E-state index is 0.901. The molecule has 29 heavy (non-hydrogen) atoms. The van der Waals surface area contributed by atoms with Crippen molar-refractivity contribution in [3.63, 3.8) is 0 Å². The molecule has 0 spiro atoms. The monoisotopic (exact) mass is 383 g/mol.